The molecule has 0 aliphatic carbocycles. The number of halogens is 2. The van der Waals surface area contributed by atoms with Crippen molar-refractivity contribution < 1.29 is 9.31 Å². The van der Waals surface area contributed by atoms with Crippen LogP contribution >= 0.6 is 11.6 Å². The van der Waals surface area contributed by atoms with Crippen molar-refractivity contribution in [3.63, 3.8) is 0 Å². The van der Waals surface area contributed by atoms with Crippen LogP contribution in [0.2, 0.25) is 5.02 Å². The van der Waals surface area contributed by atoms with Crippen molar-refractivity contribution in [1.82, 2.24) is 4.57 Å². The second kappa shape index (κ2) is 5.42. The molecule has 0 bridgehead atoms. The van der Waals surface area contributed by atoms with Crippen LogP contribution in [0.15, 0.2) is 35.3 Å². The minimum absolute atomic E-state index is 0.121. The second-order valence-corrected chi connectivity index (χ2v) is 4.68. The van der Waals surface area contributed by atoms with Crippen molar-refractivity contribution in [2.75, 3.05) is 0 Å². The summed E-state index contributed by atoms with van der Waals surface area (Å²) in [4.78, 5) is 22.1. The highest BCUT2D eigenvalue weighted by Crippen LogP contribution is 2.20. The van der Waals surface area contributed by atoms with E-state index < -0.39 is 16.3 Å². The van der Waals surface area contributed by atoms with Crippen molar-refractivity contribution in [3.8, 4) is 0 Å². The van der Waals surface area contributed by atoms with Crippen molar-refractivity contribution in [2.24, 2.45) is 0 Å². The Morgan fingerprint density at radius 2 is 2.15 bits per heavy atom. The summed E-state index contributed by atoms with van der Waals surface area (Å²) < 4.78 is 14.8. The van der Waals surface area contributed by atoms with Gasteiger partial charge in [0.25, 0.3) is 11.2 Å². The van der Waals surface area contributed by atoms with E-state index in [0.717, 1.165) is 10.8 Å². The lowest BCUT2D eigenvalue weighted by Crippen LogP contribution is -2.23. The first kappa shape index (κ1) is 14.2. The summed E-state index contributed by atoms with van der Waals surface area (Å²) in [6, 6.07) is 5.34. The quantitative estimate of drug-likeness (QED) is 0.646. The largest absolute Gasteiger partial charge is 0.304 e. The van der Waals surface area contributed by atoms with Crippen LogP contribution in [-0.4, -0.2) is 9.49 Å². The number of benzene rings is 1. The number of nitrogens with zero attached hydrogens (tertiary/aromatic N) is 2. The number of hydrogen-bond donors (Lipinski definition) is 0. The lowest BCUT2D eigenvalue weighted by molar-refractivity contribution is -0.385. The molecule has 20 heavy (non-hydrogen) atoms. The first-order chi connectivity index (χ1) is 9.40. The van der Waals surface area contributed by atoms with Gasteiger partial charge >= 0.3 is 0 Å². The molecule has 0 saturated heterocycles. The van der Waals surface area contributed by atoms with Gasteiger partial charge in [-0.15, -0.1) is 0 Å². The summed E-state index contributed by atoms with van der Waals surface area (Å²) in [5.74, 6) is -0.562. The molecule has 0 amide bonds. The third-order valence-electron chi connectivity index (χ3n) is 2.85. The number of aromatic nitrogens is 1. The monoisotopic (exact) mass is 296 g/mol. The Labute approximate surface area is 118 Å². The molecule has 1 heterocycles. The maximum absolute atomic E-state index is 13.7. The molecule has 1 aromatic carbocycles. The third-order valence-corrected chi connectivity index (χ3v) is 3.21. The average molecular weight is 297 g/mol. The summed E-state index contributed by atoms with van der Waals surface area (Å²) in [6.45, 7) is 1.31. The fourth-order valence-electron chi connectivity index (χ4n) is 1.84. The molecule has 2 aromatic rings. The van der Waals surface area contributed by atoms with E-state index in [0.29, 0.717) is 0 Å². The van der Waals surface area contributed by atoms with Crippen molar-refractivity contribution in [1.29, 1.82) is 0 Å². The Kier molecular flexibility index (Phi) is 3.85. The molecule has 2 rings (SSSR count). The van der Waals surface area contributed by atoms with E-state index in [1.54, 1.807) is 0 Å². The molecule has 0 saturated carbocycles. The van der Waals surface area contributed by atoms with Gasteiger partial charge in [-0.05, 0) is 19.1 Å². The Bertz CT molecular complexity index is 723. The van der Waals surface area contributed by atoms with Gasteiger partial charge in [-0.25, -0.2) is 4.39 Å². The summed E-state index contributed by atoms with van der Waals surface area (Å²) in [5, 5.41) is 11.0. The van der Waals surface area contributed by atoms with Crippen LogP contribution in [0, 0.1) is 22.9 Å². The summed E-state index contributed by atoms with van der Waals surface area (Å²) in [6.07, 6.45) is 1.08. The summed E-state index contributed by atoms with van der Waals surface area (Å²) in [5.41, 5.74) is -0.313. The standard InChI is InChI=1S/C13H10ClFN2O3/c1-8-5-9(17(19)20)6-16(13(8)18)7-10-11(14)3-2-4-12(10)15/h2-6H,7H2,1H3. The molecule has 0 fully saturated rings. The van der Waals surface area contributed by atoms with Crippen molar-refractivity contribution >= 4 is 17.3 Å². The van der Waals surface area contributed by atoms with E-state index >= 15 is 0 Å². The number of hydrogen-bond acceptors (Lipinski definition) is 3. The molecular formula is C13H10ClFN2O3. The number of nitro groups is 1. The summed E-state index contributed by atoms with van der Waals surface area (Å²) >= 11 is 5.88. The van der Waals surface area contributed by atoms with E-state index in [4.69, 9.17) is 11.6 Å². The highest BCUT2D eigenvalue weighted by atomic mass is 35.5. The minimum atomic E-state index is -0.605. The van der Waals surface area contributed by atoms with E-state index in [2.05, 4.69) is 0 Å². The molecule has 0 radical (unpaired) electrons. The third kappa shape index (κ3) is 2.70. The van der Waals surface area contributed by atoms with Crippen LogP contribution in [0.1, 0.15) is 11.1 Å². The lowest BCUT2D eigenvalue weighted by atomic mass is 10.2. The molecule has 0 atom stereocenters. The smallest absolute Gasteiger partial charge is 0.286 e. The molecule has 0 N–H and O–H groups in total. The minimum Gasteiger partial charge on any atom is -0.304 e. The Morgan fingerprint density at radius 3 is 2.75 bits per heavy atom. The van der Waals surface area contributed by atoms with Crippen LogP contribution in [0.4, 0.5) is 10.1 Å². The summed E-state index contributed by atoms with van der Waals surface area (Å²) in [7, 11) is 0. The predicted octanol–water partition coefficient (Wildman–Crippen LogP) is 2.91. The Balaban J connectivity index is 2.54. The predicted molar refractivity (Wildman–Crippen MR) is 72.6 cm³/mol. The second-order valence-electron chi connectivity index (χ2n) is 4.27. The number of pyridine rings is 1. The van der Waals surface area contributed by atoms with E-state index in [-0.39, 0.29) is 28.4 Å². The zero-order valence-electron chi connectivity index (χ0n) is 10.5. The van der Waals surface area contributed by atoms with Gasteiger partial charge in [0, 0.05) is 22.2 Å². The van der Waals surface area contributed by atoms with E-state index in [9.17, 15) is 19.3 Å². The molecule has 0 spiro atoms. The van der Waals surface area contributed by atoms with Gasteiger partial charge in [-0.1, -0.05) is 17.7 Å². The fraction of sp³-hybridized carbons (Fsp3) is 0.154. The van der Waals surface area contributed by atoms with Gasteiger partial charge < -0.3 is 4.57 Å². The maximum atomic E-state index is 13.7. The zero-order valence-corrected chi connectivity index (χ0v) is 11.2. The molecule has 0 aliphatic rings. The van der Waals surface area contributed by atoms with E-state index in [1.807, 2.05) is 0 Å². The molecule has 1 aromatic heterocycles. The van der Waals surface area contributed by atoms with Crippen LogP contribution in [0.3, 0.4) is 0 Å². The van der Waals surface area contributed by atoms with E-state index in [1.165, 1.54) is 31.2 Å². The molecule has 7 heteroatoms. The van der Waals surface area contributed by atoms with Crippen LogP contribution < -0.4 is 5.56 Å². The number of aryl methyl sites for hydroxylation is 1. The van der Waals surface area contributed by atoms with Crippen LogP contribution in [0.25, 0.3) is 0 Å². The van der Waals surface area contributed by atoms with Crippen molar-refractivity contribution in [2.45, 2.75) is 13.5 Å². The first-order valence-corrected chi connectivity index (χ1v) is 6.06. The lowest BCUT2D eigenvalue weighted by Gasteiger charge is -2.09. The van der Waals surface area contributed by atoms with Crippen LogP contribution in [0.5, 0.6) is 0 Å². The average Bonchev–Trinajstić information content (AvgIpc) is 2.38. The topological polar surface area (TPSA) is 65.1 Å². The zero-order chi connectivity index (χ0) is 14.9. The fourth-order valence-corrected chi connectivity index (χ4v) is 2.06. The van der Waals surface area contributed by atoms with Crippen molar-refractivity contribution in [3.05, 3.63) is 72.9 Å². The highest BCUT2D eigenvalue weighted by Gasteiger charge is 2.14. The Hall–Kier alpha value is -2.21. The molecule has 0 unspecified atom stereocenters. The number of rotatable bonds is 3. The first-order valence-electron chi connectivity index (χ1n) is 5.68. The van der Waals surface area contributed by atoms with Gasteiger partial charge in [-0.3, -0.25) is 14.9 Å². The van der Waals surface area contributed by atoms with Gasteiger partial charge in [0.2, 0.25) is 0 Å². The van der Waals surface area contributed by atoms with Gasteiger partial charge in [0.05, 0.1) is 17.7 Å². The Morgan fingerprint density at radius 1 is 1.45 bits per heavy atom. The highest BCUT2D eigenvalue weighted by molar-refractivity contribution is 6.31. The molecule has 0 aliphatic heterocycles. The molecule has 104 valence electrons. The van der Waals surface area contributed by atoms with Gasteiger partial charge in [0.1, 0.15) is 5.82 Å². The normalized spacial score (nSPS) is 10.6. The van der Waals surface area contributed by atoms with Gasteiger partial charge in [0.15, 0.2) is 0 Å². The molecular weight excluding hydrogens is 287 g/mol. The maximum Gasteiger partial charge on any atom is 0.286 e. The van der Waals surface area contributed by atoms with Gasteiger partial charge in [-0.2, -0.15) is 0 Å². The molecule has 5 nitrogen and oxygen atoms in total. The van der Waals surface area contributed by atoms with Crippen LogP contribution in [-0.2, 0) is 6.54 Å². The SMILES string of the molecule is Cc1cc([N+](=O)[O-])cn(Cc2c(F)cccc2Cl)c1=O.